The average Bonchev–Trinajstić information content (AvgIpc) is 3.00. The zero-order chi connectivity index (χ0) is 21.2. The minimum Gasteiger partial charge on any atom is -0.443 e. The second kappa shape index (κ2) is 8.36. The van der Waals surface area contributed by atoms with Gasteiger partial charge in [-0.3, -0.25) is 9.59 Å². The van der Waals surface area contributed by atoms with Gasteiger partial charge in [0.25, 0.3) is 5.91 Å². The molecule has 5 nitrogen and oxygen atoms in total. The fourth-order valence-electron chi connectivity index (χ4n) is 4.05. The summed E-state index contributed by atoms with van der Waals surface area (Å²) in [4.78, 5) is 38.5. The molecule has 5 heteroatoms. The van der Waals surface area contributed by atoms with Gasteiger partial charge < -0.3 is 4.74 Å². The summed E-state index contributed by atoms with van der Waals surface area (Å²) in [5, 5.41) is 0. The molecule has 1 heterocycles. The highest BCUT2D eigenvalue weighted by Gasteiger charge is 2.40. The Kier molecular flexibility index (Phi) is 6.06. The van der Waals surface area contributed by atoms with Gasteiger partial charge in [-0.1, -0.05) is 35.9 Å². The van der Waals surface area contributed by atoms with Crippen LogP contribution in [0.3, 0.4) is 0 Å². The number of benzene rings is 1. The van der Waals surface area contributed by atoms with Crippen molar-refractivity contribution in [2.75, 3.05) is 0 Å². The number of ketones is 1. The molecule has 1 aliphatic heterocycles. The number of nitrogens with zero attached hydrogens (tertiary/aromatic N) is 1. The van der Waals surface area contributed by atoms with Gasteiger partial charge in [0.05, 0.1) is 6.04 Å². The van der Waals surface area contributed by atoms with Crippen LogP contribution in [0.2, 0.25) is 0 Å². The Hall–Kier alpha value is -2.69. The van der Waals surface area contributed by atoms with E-state index in [-0.39, 0.29) is 17.6 Å². The molecular formula is C24H29NO4. The van der Waals surface area contributed by atoms with Gasteiger partial charge in [-0.25, -0.2) is 9.69 Å². The molecule has 0 saturated heterocycles. The number of carbonyl (C=O) groups is 3. The minimum atomic E-state index is -0.693. The summed E-state index contributed by atoms with van der Waals surface area (Å²) in [6, 6.07) is 7.56. The van der Waals surface area contributed by atoms with Crippen molar-refractivity contribution in [3.63, 3.8) is 0 Å². The van der Waals surface area contributed by atoms with Crippen LogP contribution < -0.4 is 0 Å². The monoisotopic (exact) mass is 395 g/mol. The summed E-state index contributed by atoms with van der Waals surface area (Å²) in [5.41, 5.74) is 2.55. The summed E-state index contributed by atoms with van der Waals surface area (Å²) in [6.07, 6.45) is 7.26. The van der Waals surface area contributed by atoms with E-state index >= 15 is 0 Å². The normalized spacial score (nSPS) is 20.6. The molecule has 0 bridgehead atoms. The number of aryl methyl sites for hydroxylation is 1. The van der Waals surface area contributed by atoms with Crippen LogP contribution in [-0.2, 0) is 14.3 Å². The third-order valence-electron chi connectivity index (χ3n) is 5.33. The van der Waals surface area contributed by atoms with Crippen LogP contribution in [0.4, 0.5) is 4.79 Å². The predicted molar refractivity (Wildman–Crippen MR) is 111 cm³/mol. The molecule has 2 aliphatic rings. The second-order valence-corrected chi connectivity index (χ2v) is 8.83. The molecule has 2 unspecified atom stereocenters. The van der Waals surface area contributed by atoms with Crippen LogP contribution in [0, 0.1) is 6.92 Å². The van der Waals surface area contributed by atoms with Crippen molar-refractivity contribution in [2.24, 2.45) is 0 Å². The van der Waals surface area contributed by atoms with Crippen molar-refractivity contribution in [3.8, 4) is 0 Å². The third-order valence-corrected chi connectivity index (χ3v) is 5.33. The first-order chi connectivity index (χ1) is 13.7. The van der Waals surface area contributed by atoms with E-state index in [2.05, 4.69) is 0 Å². The first-order valence-electron chi connectivity index (χ1n) is 10.2. The lowest BCUT2D eigenvalue weighted by Gasteiger charge is -2.33. The van der Waals surface area contributed by atoms with Crippen LogP contribution in [-0.4, -0.2) is 34.3 Å². The zero-order valence-electron chi connectivity index (χ0n) is 17.6. The second-order valence-electron chi connectivity index (χ2n) is 8.83. The largest absolute Gasteiger partial charge is 0.443 e. The van der Waals surface area contributed by atoms with Gasteiger partial charge in [-0.15, -0.1) is 0 Å². The Labute approximate surface area is 172 Å². The summed E-state index contributed by atoms with van der Waals surface area (Å²) in [7, 11) is 0. The standard InChI is InChI=1S/C24H29NO4/c1-16-8-5-6-11-19(16)20(15-17-9-7-10-18(26)14-17)21-12-13-22(27)25(21)23(28)29-24(2,3)4/h5-6,8,11-14,20-21H,7,9-10,15H2,1-4H3. The van der Waals surface area contributed by atoms with E-state index in [1.807, 2.05) is 31.2 Å². The number of hydrogen-bond donors (Lipinski definition) is 0. The van der Waals surface area contributed by atoms with E-state index < -0.39 is 17.7 Å². The molecular weight excluding hydrogens is 366 g/mol. The highest BCUT2D eigenvalue weighted by atomic mass is 16.6. The summed E-state index contributed by atoms with van der Waals surface area (Å²) in [5.74, 6) is -0.350. The van der Waals surface area contributed by atoms with E-state index in [9.17, 15) is 14.4 Å². The topological polar surface area (TPSA) is 63.7 Å². The lowest BCUT2D eigenvalue weighted by molar-refractivity contribution is -0.125. The Morgan fingerprint density at radius 3 is 2.59 bits per heavy atom. The van der Waals surface area contributed by atoms with Gasteiger partial charge in [0, 0.05) is 18.4 Å². The first-order valence-corrected chi connectivity index (χ1v) is 10.2. The first kappa shape index (κ1) is 21.0. The number of ether oxygens (including phenoxy) is 1. The molecule has 1 aliphatic carbocycles. The van der Waals surface area contributed by atoms with Gasteiger partial charge >= 0.3 is 6.09 Å². The number of allylic oxidation sites excluding steroid dienone is 2. The fourth-order valence-corrected chi connectivity index (χ4v) is 4.05. The summed E-state index contributed by atoms with van der Waals surface area (Å²) in [6.45, 7) is 7.38. The number of carbonyl (C=O) groups excluding carboxylic acids is 3. The van der Waals surface area contributed by atoms with Crippen molar-refractivity contribution < 1.29 is 19.1 Å². The van der Waals surface area contributed by atoms with E-state index in [1.165, 1.54) is 11.0 Å². The lowest BCUT2D eigenvalue weighted by atomic mass is 9.81. The Morgan fingerprint density at radius 2 is 1.93 bits per heavy atom. The molecule has 3 rings (SSSR count). The molecule has 0 aromatic heterocycles. The molecule has 0 fully saturated rings. The van der Waals surface area contributed by atoms with E-state index in [0.717, 1.165) is 29.5 Å². The Bertz CT molecular complexity index is 875. The van der Waals surface area contributed by atoms with Gasteiger partial charge in [0.15, 0.2) is 5.78 Å². The number of hydrogen-bond acceptors (Lipinski definition) is 4. The molecule has 2 atom stereocenters. The highest BCUT2D eigenvalue weighted by molar-refractivity contribution is 6.01. The molecule has 0 saturated carbocycles. The maximum absolute atomic E-state index is 12.8. The number of amides is 2. The van der Waals surface area contributed by atoms with Crippen LogP contribution >= 0.6 is 0 Å². The van der Waals surface area contributed by atoms with Crippen molar-refractivity contribution in [3.05, 3.63) is 59.2 Å². The van der Waals surface area contributed by atoms with Crippen LogP contribution in [0.25, 0.3) is 0 Å². The fraction of sp³-hybridized carbons (Fsp3) is 0.458. The SMILES string of the molecule is Cc1ccccc1C(CC1=CC(=O)CCC1)C1C=CC(=O)N1C(=O)OC(C)(C)C. The van der Waals surface area contributed by atoms with Crippen LogP contribution in [0.1, 0.15) is 63.5 Å². The van der Waals surface area contributed by atoms with Gasteiger partial charge in [-0.05, 0) is 64.2 Å². The minimum absolute atomic E-state index is 0.136. The molecule has 29 heavy (non-hydrogen) atoms. The van der Waals surface area contributed by atoms with Crippen molar-refractivity contribution in [1.29, 1.82) is 0 Å². The number of imide groups is 1. The van der Waals surface area contributed by atoms with Crippen molar-refractivity contribution in [1.82, 2.24) is 4.90 Å². The quantitative estimate of drug-likeness (QED) is 0.731. The highest BCUT2D eigenvalue weighted by Crippen LogP contribution is 2.37. The summed E-state index contributed by atoms with van der Waals surface area (Å²) >= 11 is 0. The van der Waals surface area contributed by atoms with E-state index in [4.69, 9.17) is 4.74 Å². The zero-order valence-corrected chi connectivity index (χ0v) is 17.6. The van der Waals surface area contributed by atoms with Gasteiger partial charge in [-0.2, -0.15) is 0 Å². The van der Waals surface area contributed by atoms with Crippen molar-refractivity contribution >= 4 is 17.8 Å². The van der Waals surface area contributed by atoms with Crippen LogP contribution in [0.15, 0.2) is 48.1 Å². The number of rotatable bonds is 4. The lowest BCUT2D eigenvalue weighted by Crippen LogP contribution is -2.45. The average molecular weight is 395 g/mol. The van der Waals surface area contributed by atoms with Gasteiger partial charge in [0.2, 0.25) is 0 Å². The van der Waals surface area contributed by atoms with Crippen LogP contribution in [0.5, 0.6) is 0 Å². The summed E-state index contributed by atoms with van der Waals surface area (Å²) < 4.78 is 5.50. The predicted octanol–water partition coefficient (Wildman–Crippen LogP) is 4.85. The molecule has 0 N–H and O–H groups in total. The maximum atomic E-state index is 12.8. The molecule has 1 aromatic carbocycles. The maximum Gasteiger partial charge on any atom is 0.417 e. The third kappa shape index (κ3) is 5.03. The Morgan fingerprint density at radius 1 is 1.21 bits per heavy atom. The van der Waals surface area contributed by atoms with E-state index in [0.29, 0.717) is 12.8 Å². The molecule has 0 spiro atoms. The Balaban J connectivity index is 1.97. The van der Waals surface area contributed by atoms with Crippen molar-refractivity contribution in [2.45, 2.75) is 70.9 Å². The molecule has 2 amide bonds. The van der Waals surface area contributed by atoms with E-state index in [1.54, 1.807) is 32.9 Å². The smallest absolute Gasteiger partial charge is 0.417 e. The molecule has 1 aromatic rings. The van der Waals surface area contributed by atoms with Gasteiger partial charge in [0.1, 0.15) is 5.60 Å². The molecule has 0 radical (unpaired) electrons. The molecule has 154 valence electrons.